The molecule has 0 spiro atoms. The molecule has 0 fully saturated rings. The minimum absolute atomic E-state index is 0.0286. The lowest BCUT2D eigenvalue weighted by atomic mass is 10.2. The quantitative estimate of drug-likeness (QED) is 0.563. The maximum Gasteiger partial charge on any atom is 0.254 e. The molecule has 2 aromatic carbocycles. The lowest BCUT2D eigenvalue weighted by Gasteiger charge is -2.05. The lowest BCUT2D eigenvalue weighted by molar-refractivity contribution is -0.120. The lowest BCUT2D eigenvalue weighted by Crippen LogP contribution is -2.29. The zero-order chi connectivity index (χ0) is 18.8. The van der Waals surface area contributed by atoms with E-state index in [1.165, 1.54) is 24.4 Å². The zero-order valence-electron chi connectivity index (χ0n) is 14.4. The molecule has 7 heteroatoms. The Hall–Kier alpha value is -3.22. The molecule has 0 bridgehead atoms. The first-order chi connectivity index (χ1) is 12.6. The molecule has 0 aliphatic heterocycles. The van der Waals surface area contributed by atoms with Gasteiger partial charge in [0.15, 0.2) is 0 Å². The van der Waals surface area contributed by atoms with Crippen LogP contribution >= 0.6 is 0 Å². The van der Waals surface area contributed by atoms with E-state index >= 15 is 0 Å². The first-order valence-electron chi connectivity index (χ1n) is 8.17. The fourth-order valence-electron chi connectivity index (χ4n) is 2.08. The first kappa shape index (κ1) is 19.1. The number of rotatable bonds is 8. The summed E-state index contributed by atoms with van der Waals surface area (Å²) in [7, 11) is 0. The second-order valence-corrected chi connectivity index (χ2v) is 5.28. The predicted molar refractivity (Wildman–Crippen MR) is 96.7 cm³/mol. The third kappa shape index (κ3) is 6.01. The Labute approximate surface area is 151 Å². The van der Waals surface area contributed by atoms with E-state index < -0.39 is 11.7 Å². The molecule has 136 valence electrons. The molecular weight excluding hydrogens is 337 g/mol. The number of carbonyl (C=O) groups excluding carboxylic acids is 2. The highest BCUT2D eigenvalue weighted by Gasteiger charge is 2.10. The second-order valence-electron chi connectivity index (χ2n) is 5.28. The molecule has 0 atom stereocenters. The first-order valence-corrected chi connectivity index (χ1v) is 8.17. The van der Waals surface area contributed by atoms with Crippen LogP contribution in [0.4, 0.5) is 4.39 Å². The fraction of sp³-hybridized carbons (Fsp3) is 0.211. The van der Waals surface area contributed by atoms with Gasteiger partial charge in [-0.1, -0.05) is 12.1 Å². The number of hydrogen-bond acceptors (Lipinski definition) is 4. The van der Waals surface area contributed by atoms with Gasteiger partial charge in [-0.3, -0.25) is 9.59 Å². The summed E-state index contributed by atoms with van der Waals surface area (Å²) >= 11 is 0. The molecule has 2 amide bonds. The average molecular weight is 357 g/mol. The Morgan fingerprint density at radius 3 is 2.58 bits per heavy atom. The third-order valence-electron chi connectivity index (χ3n) is 3.35. The third-order valence-corrected chi connectivity index (χ3v) is 3.35. The number of hydrogen-bond donors (Lipinski definition) is 2. The highest BCUT2D eigenvalue weighted by Crippen LogP contribution is 2.10. The van der Waals surface area contributed by atoms with Crippen molar-refractivity contribution in [2.45, 2.75) is 13.3 Å². The summed E-state index contributed by atoms with van der Waals surface area (Å²) in [5, 5.41) is 6.34. The van der Waals surface area contributed by atoms with E-state index in [1.807, 2.05) is 31.2 Å². The summed E-state index contributed by atoms with van der Waals surface area (Å²) in [4.78, 5) is 23.5. The maximum atomic E-state index is 13.5. The molecule has 26 heavy (non-hydrogen) atoms. The minimum Gasteiger partial charge on any atom is -0.494 e. The number of ether oxygens (including phenoxy) is 1. The van der Waals surface area contributed by atoms with Gasteiger partial charge in [-0.15, -0.1) is 0 Å². The molecule has 0 heterocycles. The zero-order valence-corrected chi connectivity index (χ0v) is 14.4. The second kappa shape index (κ2) is 9.93. The Morgan fingerprint density at radius 2 is 1.88 bits per heavy atom. The summed E-state index contributed by atoms with van der Waals surface area (Å²) in [6.07, 6.45) is 1.53. The number of nitrogens with one attached hydrogen (secondary N) is 2. The van der Waals surface area contributed by atoms with Gasteiger partial charge < -0.3 is 10.1 Å². The van der Waals surface area contributed by atoms with Gasteiger partial charge >= 0.3 is 0 Å². The molecule has 2 aromatic rings. The van der Waals surface area contributed by atoms with E-state index in [2.05, 4.69) is 15.8 Å². The van der Waals surface area contributed by atoms with Gasteiger partial charge in [-0.05, 0) is 48.9 Å². The fourth-order valence-corrected chi connectivity index (χ4v) is 2.08. The van der Waals surface area contributed by atoms with Crippen LogP contribution in [-0.2, 0) is 4.79 Å². The normalized spacial score (nSPS) is 10.5. The molecule has 0 aromatic heterocycles. The van der Waals surface area contributed by atoms with Crippen molar-refractivity contribution < 1.29 is 18.7 Å². The topological polar surface area (TPSA) is 79.8 Å². The highest BCUT2D eigenvalue weighted by atomic mass is 19.1. The predicted octanol–water partition coefficient (Wildman–Crippen LogP) is 2.49. The summed E-state index contributed by atoms with van der Waals surface area (Å²) < 4.78 is 18.8. The van der Waals surface area contributed by atoms with Crippen molar-refractivity contribution in [3.05, 3.63) is 65.5 Å². The molecule has 2 rings (SSSR count). The standard InChI is InChI=1S/C19H20FN3O3/c1-2-26-15-9-7-14(8-10-15)13-22-23-18(24)11-12-21-19(25)16-5-3-4-6-17(16)20/h3-10,13H,2,11-12H2,1H3,(H,21,25)(H,23,24). The molecule has 2 N–H and O–H groups in total. The number of carbonyl (C=O) groups is 2. The minimum atomic E-state index is -0.602. The Kier molecular flexibility index (Phi) is 7.30. The van der Waals surface area contributed by atoms with E-state index in [1.54, 1.807) is 6.07 Å². The van der Waals surface area contributed by atoms with Gasteiger partial charge in [0.2, 0.25) is 5.91 Å². The average Bonchev–Trinajstić information content (AvgIpc) is 2.63. The van der Waals surface area contributed by atoms with Crippen molar-refractivity contribution in [1.29, 1.82) is 0 Å². The smallest absolute Gasteiger partial charge is 0.254 e. The van der Waals surface area contributed by atoms with Crippen LogP contribution in [0.25, 0.3) is 0 Å². The Bertz CT molecular complexity index is 776. The molecule has 0 radical (unpaired) electrons. The molecule has 6 nitrogen and oxygen atoms in total. The molecule has 0 aliphatic carbocycles. The number of amides is 2. The number of benzene rings is 2. The van der Waals surface area contributed by atoms with Gasteiger partial charge in [0, 0.05) is 13.0 Å². The van der Waals surface area contributed by atoms with Gasteiger partial charge in [-0.2, -0.15) is 5.10 Å². The van der Waals surface area contributed by atoms with Crippen LogP contribution in [0.3, 0.4) is 0 Å². The molecule has 0 unspecified atom stereocenters. The van der Waals surface area contributed by atoms with Crippen LogP contribution in [-0.4, -0.2) is 31.2 Å². The van der Waals surface area contributed by atoms with E-state index in [-0.39, 0.29) is 24.4 Å². The molecular formula is C19H20FN3O3. The van der Waals surface area contributed by atoms with E-state index in [0.717, 1.165) is 11.3 Å². The van der Waals surface area contributed by atoms with Crippen molar-refractivity contribution in [1.82, 2.24) is 10.7 Å². The largest absolute Gasteiger partial charge is 0.494 e. The molecule has 0 aliphatic rings. The number of halogens is 1. The number of nitrogens with zero attached hydrogens (tertiary/aromatic N) is 1. The van der Waals surface area contributed by atoms with Crippen molar-refractivity contribution >= 4 is 18.0 Å². The van der Waals surface area contributed by atoms with Crippen LogP contribution < -0.4 is 15.5 Å². The molecule has 0 saturated carbocycles. The van der Waals surface area contributed by atoms with Gasteiger partial charge in [0.25, 0.3) is 5.91 Å². The Morgan fingerprint density at radius 1 is 1.15 bits per heavy atom. The number of hydrazone groups is 1. The van der Waals surface area contributed by atoms with E-state index in [0.29, 0.717) is 6.61 Å². The van der Waals surface area contributed by atoms with Crippen molar-refractivity contribution in [2.75, 3.05) is 13.2 Å². The molecule has 0 saturated heterocycles. The Balaban J connectivity index is 1.71. The summed E-state index contributed by atoms with van der Waals surface area (Å²) in [5.74, 6) is -0.761. The van der Waals surface area contributed by atoms with Gasteiger partial charge in [0.1, 0.15) is 11.6 Å². The van der Waals surface area contributed by atoms with E-state index in [9.17, 15) is 14.0 Å². The van der Waals surface area contributed by atoms with Crippen LogP contribution in [0.15, 0.2) is 53.6 Å². The van der Waals surface area contributed by atoms with Crippen LogP contribution in [0.5, 0.6) is 5.75 Å². The van der Waals surface area contributed by atoms with Crippen LogP contribution in [0.2, 0.25) is 0 Å². The summed E-state index contributed by atoms with van der Waals surface area (Å²) in [6, 6.07) is 12.9. The highest BCUT2D eigenvalue weighted by molar-refractivity contribution is 5.94. The maximum absolute atomic E-state index is 13.5. The van der Waals surface area contributed by atoms with E-state index in [4.69, 9.17) is 4.74 Å². The van der Waals surface area contributed by atoms with Crippen molar-refractivity contribution in [3.63, 3.8) is 0 Å². The van der Waals surface area contributed by atoms with Gasteiger partial charge in [0.05, 0.1) is 18.4 Å². The summed E-state index contributed by atoms with van der Waals surface area (Å²) in [6.45, 7) is 2.58. The van der Waals surface area contributed by atoms with Crippen molar-refractivity contribution in [2.24, 2.45) is 5.10 Å². The van der Waals surface area contributed by atoms with Crippen LogP contribution in [0.1, 0.15) is 29.3 Å². The monoisotopic (exact) mass is 357 g/mol. The van der Waals surface area contributed by atoms with Crippen LogP contribution in [0, 0.1) is 5.82 Å². The summed E-state index contributed by atoms with van der Waals surface area (Å²) in [5.41, 5.74) is 3.12. The van der Waals surface area contributed by atoms with Gasteiger partial charge in [-0.25, -0.2) is 9.82 Å². The van der Waals surface area contributed by atoms with Crippen molar-refractivity contribution in [3.8, 4) is 5.75 Å². The SMILES string of the molecule is CCOc1ccc(C=NNC(=O)CCNC(=O)c2ccccc2F)cc1.